The highest BCUT2D eigenvalue weighted by atomic mass is 33.1. The second kappa shape index (κ2) is 29.4. The Kier molecular flexibility index (Phi) is 21.9. The lowest BCUT2D eigenvalue weighted by atomic mass is 10.0. The van der Waals surface area contributed by atoms with Crippen molar-refractivity contribution in [3.8, 4) is 5.75 Å². The van der Waals surface area contributed by atoms with Crippen molar-refractivity contribution in [1.82, 2.24) is 42.2 Å². The number of aromatic hydroxyl groups is 1. The molecule has 0 aliphatic carbocycles. The van der Waals surface area contributed by atoms with Crippen LogP contribution in [0.4, 0.5) is 0 Å². The van der Waals surface area contributed by atoms with Gasteiger partial charge in [-0.15, -0.1) is 0 Å². The van der Waals surface area contributed by atoms with Gasteiger partial charge in [-0.1, -0.05) is 125 Å². The number of rotatable bonds is 18. The predicted molar refractivity (Wildman–Crippen MR) is 305 cm³/mol. The van der Waals surface area contributed by atoms with E-state index in [4.69, 9.17) is 17.2 Å². The van der Waals surface area contributed by atoms with Crippen molar-refractivity contribution in [3.63, 3.8) is 0 Å². The highest BCUT2D eigenvalue weighted by Crippen LogP contribution is 2.25. The van der Waals surface area contributed by atoms with Crippen molar-refractivity contribution in [2.45, 2.75) is 100 Å². The summed E-state index contributed by atoms with van der Waals surface area (Å²) in [5.74, 6) is -4.93. The first-order valence-electron chi connectivity index (χ1n) is 26.1. The summed E-state index contributed by atoms with van der Waals surface area (Å²) in [5, 5.41) is 32.9. The van der Waals surface area contributed by atoms with Crippen LogP contribution < -0.4 is 54.4 Å². The molecule has 0 saturated carbocycles. The zero-order valence-electron chi connectivity index (χ0n) is 43.2. The number of hydrogen-bond acceptors (Lipinski definition) is 13. The highest BCUT2D eigenvalue weighted by molar-refractivity contribution is 8.76. The van der Waals surface area contributed by atoms with Crippen molar-refractivity contribution >= 4 is 84.6 Å². The molecule has 1 aliphatic rings. The molecule has 21 heteroatoms. The molecule has 5 aromatic carbocycles. The van der Waals surface area contributed by atoms with Crippen LogP contribution in [0.2, 0.25) is 0 Å². The number of para-hydroxylation sites is 1. The number of fused-ring (bicyclic) bond motifs is 2. The molecule has 6 aromatic rings. The number of hydrogen-bond donors (Lipinski definition) is 12. The summed E-state index contributed by atoms with van der Waals surface area (Å²) < 4.78 is 0. The van der Waals surface area contributed by atoms with Gasteiger partial charge in [0.2, 0.25) is 41.4 Å². The molecule has 0 spiro atoms. The van der Waals surface area contributed by atoms with Gasteiger partial charge in [0, 0.05) is 48.0 Å². The van der Waals surface area contributed by atoms with E-state index in [1.54, 1.807) is 18.3 Å². The molecule has 7 amide bonds. The summed E-state index contributed by atoms with van der Waals surface area (Å²) in [6, 6.07) is 27.4. The zero-order valence-corrected chi connectivity index (χ0v) is 44.8. The first kappa shape index (κ1) is 58.3. The Morgan fingerprint density at radius 2 is 1.18 bits per heavy atom. The van der Waals surface area contributed by atoms with E-state index in [2.05, 4.69) is 42.2 Å². The maximum absolute atomic E-state index is 14.9. The number of benzene rings is 5. The van der Waals surface area contributed by atoms with Gasteiger partial charge in [0.05, 0.1) is 6.04 Å². The minimum absolute atomic E-state index is 0.0251. The molecule has 19 nitrogen and oxygen atoms in total. The van der Waals surface area contributed by atoms with Gasteiger partial charge < -0.3 is 64.5 Å². The average molecular weight is 1100 g/mol. The fraction of sp³-hybridized carbons (Fsp3) is 0.351. The molecule has 7 rings (SSSR count). The van der Waals surface area contributed by atoms with Crippen LogP contribution in [0.3, 0.4) is 0 Å². The summed E-state index contributed by atoms with van der Waals surface area (Å²) >= 11 is 0. The third kappa shape index (κ3) is 16.8. The van der Waals surface area contributed by atoms with Crippen LogP contribution in [0.25, 0.3) is 21.7 Å². The third-order valence-corrected chi connectivity index (χ3v) is 15.9. The van der Waals surface area contributed by atoms with Crippen molar-refractivity contribution in [1.29, 1.82) is 0 Å². The summed E-state index contributed by atoms with van der Waals surface area (Å²) in [6.45, 7) is 0.616. The van der Waals surface area contributed by atoms with Crippen LogP contribution >= 0.6 is 21.6 Å². The van der Waals surface area contributed by atoms with Crippen LogP contribution in [-0.4, -0.2) is 118 Å². The van der Waals surface area contributed by atoms with E-state index >= 15 is 0 Å². The van der Waals surface area contributed by atoms with Gasteiger partial charge in [-0.05, 0) is 103 Å². The first-order chi connectivity index (χ1) is 37.8. The molecule has 1 saturated heterocycles. The first-order valence-corrected chi connectivity index (χ1v) is 28.6. The monoisotopic (exact) mass is 1100 g/mol. The van der Waals surface area contributed by atoms with Gasteiger partial charge >= 0.3 is 0 Å². The third-order valence-electron chi connectivity index (χ3n) is 13.4. The normalized spacial score (nSPS) is 20.6. The molecule has 78 heavy (non-hydrogen) atoms. The number of phenols is 1. The number of unbranched alkanes of at least 4 members (excludes halogenated alkanes) is 1. The summed E-state index contributed by atoms with van der Waals surface area (Å²) in [5.41, 5.74) is 21.9. The molecule has 0 bridgehead atoms. The average Bonchev–Trinajstić information content (AvgIpc) is 3.86. The van der Waals surface area contributed by atoms with Crippen molar-refractivity contribution in [3.05, 3.63) is 150 Å². The quantitative estimate of drug-likeness (QED) is 0.0436. The number of carbonyl (C=O) groups excluding carboxylic acids is 7. The van der Waals surface area contributed by atoms with E-state index in [1.165, 1.54) is 12.1 Å². The molecule has 1 aliphatic heterocycles. The summed E-state index contributed by atoms with van der Waals surface area (Å²) in [4.78, 5) is 105. The molecule has 1 fully saturated rings. The summed E-state index contributed by atoms with van der Waals surface area (Å²) in [7, 11) is 2.29. The Hall–Kier alpha value is -7.43. The van der Waals surface area contributed by atoms with Crippen LogP contribution in [0.15, 0.2) is 128 Å². The minimum Gasteiger partial charge on any atom is -0.508 e. The van der Waals surface area contributed by atoms with Crippen molar-refractivity contribution < 1.29 is 38.7 Å². The van der Waals surface area contributed by atoms with Gasteiger partial charge in [-0.25, -0.2) is 0 Å². The molecule has 1 aromatic heterocycles. The molecular formula is C57H69N11O8S2. The Bertz CT molecular complexity index is 2990. The second-order valence-corrected chi connectivity index (χ2v) is 21.8. The molecular weight excluding hydrogens is 1030 g/mol. The van der Waals surface area contributed by atoms with Crippen molar-refractivity contribution in [2.24, 2.45) is 17.2 Å². The Morgan fingerprint density at radius 1 is 0.590 bits per heavy atom. The van der Waals surface area contributed by atoms with Gasteiger partial charge in [0.15, 0.2) is 0 Å². The lowest BCUT2D eigenvalue weighted by molar-refractivity contribution is -0.135. The van der Waals surface area contributed by atoms with Gasteiger partial charge in [0.25, 0.3) is 0 Å². The molecule has 7 atom stereocenters. The fourth-order valence-electron chi connectivity index (χ4n) is 9.11. The number of amides is 7. The summed E-state index contributed by atoms with van der Waals surface area (Å²) in [6.07, 6.45) is 3.16. The number of phenolic OH excluding ortho intramolecular Hbond substituents is 1. The minimum atomic E-state index is -1.36. The van der Waals surface area contributed by atoms with Crippen LogP contribution in [0.5, 0.6) is 5.75 Å². The van der Waals surface area contributed by atoms with Gasteiger partial charge in [0.1, 0.15) is 42.0 Å². The number of nitrogens with two attached hydrogens (primary N) is 3. The number of carbonyl (C=O) groups is 7. The number of nitrogens with one attached hydrogen (secondary N) is 8. The maximum atomic E-state index is 14.9. The number of aromatic nitrogens is 1. The SMILES string of the molecule is NCCCCC1NC(=O)C(Cc2c[nH]c3ccccc23)NC(=O)C(Cc2ccc(O)cc2)NC(=O)C(NC(=O)C(N)Cc2ccccc2)CSSCC(C(=O)NCc2cccc3ccccc23)NC(=O)C(CCCN)NC1=O. The predicted octanol–water partition coefficient (Wildman–Crippen LogP) is 2.87. The number of aromatic amines is 1. The lowest BCUT2D eigenvalue weighted by Crippen LogP contribution is -2.61. The highest BCUT2D eigenvalue weighted by Gasteiger charge is 2.35. The Morgan fingerprint density at radius 3 is 1.91 bits per heavy atom. The van der Waals surface area contributed by atoms with E-state index in [9.17, 15) is 38.7 Å². The molecule has 412 valence electrons. The standard InChI is InChI=1S/C57H69N11O8S2/c58-26-9-8-20-45-53(72)63-46(21-11-27-59)54(73)68-49(52(71)62-31-38-16-10-15-37-14-4-5-17-41(37)38)33-77-78-34-50(67-51(70)43(60)28-35-12-2-1-3-13-35)57(76)65-47(29-36-22-24-40(69)25-23-36)55(74)66-48(56(75)64-45)30-39-32-61-44-19-7-6-18-42(39)44/h1-7,10,12-19,22-25,32,43,45-50,61,69H,8-9,11,20-21,26-31,33-34,58-60H2,(H,62,71)(H,63,72)(H,64,75)(H,65,76)(H,66,74)(H,67,70)(H,68,73). The molecule has 7 unspecified atom stereocenters. The van der Waals surface area contributed by atoms with Crippen LogP contribution in [0, 0.1) is 0 Å². The Balaban J connectivity index is 1.25. The maximum Gasteiger partial charge on any atom is 0.244 e. The van der Waals surface area contributed by atoms with Crippen LogP contribution in [-0.2, 0) is 59.4 Å². The largest absolute Gasteiger partial charge is 0.508 e. The van der Waals surface area contributed by atoms with Gasteiger partial charge in [-0.2, -0.15) is 0 Å². The molecule has 15 N–H and O–H groups in total. The van der Waals surface area contributed by atoms with E-state index in [1.807, 2.05) is 97.1 Å². The topological polar surface area (TPSA) is 318 Å². The smallest absolute Gasteiger partial charge is 0.244 e. The van der Waals surface area contributed by atoms with Gasteiger partial charge in [-0.3, -0.25) is 33.6 Å². The lowest BCUT2D eigenvalue weighted by Gasteiger charge is -2.28. The molecule has 2 heterocycles. The van der Waals surface area contributed by atoms with Crippen molar-refractivity contribution in [2.75, 3.05) is 24.6 Å². The number of H-pyrrole nitrogens is 1. The van der Waals surface area contributed by atoms with Crippen LogP contribution in [0.1, 0.15) is 54.4 Å². The molecule has 0 radical (unpaired) electrons. The Labute approximate surface area is 460 Å². The van der Waals surface area contributed by atoms with E-state index < -0.39 is 83.6 Å². The van der Waals surface area contributed by atoms with E-state index in [-0.39, 0.29) is 62.4 Å². The fourth-order valence-corrected chi connectivity index (χ4v) is 11.4. The zero-order chi connectivity index (χ0) is 55.4. The second-order valence-electron chi connectivity index (χ2n) is 19.2. The van der Waals surface area contributed by atoms with E-state index in [0.29, 0.717) is 36.9 Å². The van der Waals surface area contributed by atoms with E-state index in [0.717, 1.165) is 54.4 Å².